The predicted molar refractivity (Wildman–Crippen MR) is 88.6 cm³/mol. The molecular weight excluding hydrogens is 312 g/mol. The molecule has 2 fully saturated rings. The van der Waals surface area contributed by atoms with Crippen LogP contribution in [0.2, 0.25) is 0 Å². The zero-order valence-corrected chi connectivity index (χ0v) is 14.2. The number of hydrogen-bond acceptors (Lipinski definition) is 3. The number of aryl methyl sites for hydroxylation is 1. The Kier molecular flexibility index (Phi) is 5.02. The molecule has 0 unspecified atom stereocenters. The summed E-state index contributed by atoms with van der Waals surface area (Å²) in [6.45, 7) is 3.00. The molecule has 0 saturated carbocycles. The molecule has 0 bridgehead atoms. The van der Waals surface area contributed by atoms with E-state index in [9.17, 15) is 13.2 Å². The number of amides is 1. The number of nitrogens with zero attached hydrogens (tertiary/aromatic N) is 2. The number of likely N-dealkylation sites (tertiary alicyclic amines) is 1. The Morgan fingerprint density at radius 1 is 0.913 bits per heavy atom. The minimum absolute atomic E-state index is 0.196. The summed E-state index contributed by atoms with van der Waals surface area (Å²) in [6, 6.07) is 7.02. The lowest BCUT2D eigenvalue weighted by Crippen LogP contribution is -2.42. The molecule has 1 aromatic carbocycles. The molecule has 6 heteroatoms. The maximum Gasteiger partial charge on any atom is 0.243 e. The highest BCUT2D eigenvalue weighted by Gasteiger charge is 2.25. The summed E-state index contributed by atoms with van der Waals surface area (Å²) in [5.74, 6) is 0.196. The van der Waals surface area contributed by atoms with Crippen molar-refractivity contribution in [1.82, 2.24) is 9.21 Å². The Bertz CT molecular complexity index is 645. The van der Waals surface area contributed by atoms with Gasteiger partial charge in [0.15, 0.2) is 0 Å². The van der Waals surface area contributed by atoms with Gasteiger partial charge in [-0.2, -0.15) is 4.31 Å². The van der Waals surface area contributed by atoms with Gasteiger partial charge in [-0.15, -0.1) is 0 Å². The summed E-state index contributed by atoms with van der Waals surface area (Å²) in [5.41, 5.74) is 1.01. The van der Waals surface area contributed by atoms with Gasteiger partial charge in [-0.05, 0) is 43.4 Å². The van der Waals surface area contributed by atoms with E-state index >= 15 is 0 Å². The lowest BCUT2D eigenvalue weighted by atomic mass is 10.1. The van der Waals surface area contributed by atoms with Gasteiger partial charge in [0.05, 0.1) is 4.90 Å². The van der Waals surface area contributed by atoms with E-state index in [1.165, 1.54) is 0 Å². The lowest BCUT2D eigenvalue weighted by molar-refractivity contribution is -0.134. The summed E-state index contributed by atoms with van der Waals surface area (Å²) in [7, 11) is -3.36. The fourth-order valence-electron chi connectivity index (χ4n) is 3.06. The SMILES string of the molecule is O=C(CCc1ccc(S(=O)(=O)N2CCCCC2)cc1)N1CCC1. The number of carbonyl (C=O) groups excluding carboxylic acids is 1. The molecule has 0 spiro atoms. The van der Waals surface area contributed by atoms with Crippen molar-refractivity contribution in [3.8, 4) is 0 Å². The second-order valence-electron chi connectivity index (χ2n) is 6.34. The van der Waals surface area contributed by atoms with Gasteiger partial charge in [-0.1, -0.05) is 18.6 Å². The van der Waals surface area contributed by atoms with Gasteiger partial charge in [0.1, 0.15) is 0 Å². The quantitative estimate of drug-likeness (QED) is 0.827. The molecule has 3 rings (SSSR count). The van der Waals surface area contributed by atoms with Crippen molar-refractivity contribution in [2.24, 2.45) is 0 Å². The van der Waals surface area contributed by atoms with E-state index in [1.54, 1.807) is 16.4 Å². The first-order valence-electron chi connectivity index (χ1n) is 8.44. The molecule has 0 aromatic heterocycles. The minimum atomic E-state index is -3.36. The van der Waals surface area contributed by atoms with Crippen LogP contribution in [-0.4, -0.2) is 49.7 Å². The third-order valence-corrected chi connectivity index (χ3v) is 6.63. The van der Waals surface area contributed by atoms with Gasteiger partial charge < -0.3 is 4.90 Å². The Morgan fingerprint density at radius 2 is 1.57 bits per heavy atom. The fourth-order valence-corrected chi connectivity index (χ4v) is 4.57. The second kappa shape index (κ2) is 7.01. The molecule has 126 valence electrons. The summed E-state index contributed by atoms with van der Waals surface area (Å²) in [5, 5.41) is 0. The molecule has 1 aromatic rings. The zero-order chi connectivity index (χ0) is 16.3. The van der Waals surface area contributed by atoms with Crippen LogP contribution in [0, 0.1) is 0 Å². The Hall–Kier alpha value is -1.40. The monoisotopic (exact) mass is 336 g/mol. The number of sulfonamides is 1. The van der Waals surface area contributed by atoms with Crippen molar-refractivity contribution >= 4 is 15.9 Å². The summed E-state index contributed by atoms with van der Waals surface area (Å²) < 4.78 is 26.7. The van der Waals surface area contributed by atoms with Crippen LogP contribution in [0.15, 0.2) is 29.2 Å². The summed E-state index contributed by atoms with van der Waals surface area (Å²) >= 11 is 0. The maximum absolute atomic E-state index is 12.6. The van der Waals surface area contributed by atoms with E-state index in [1.807, 2.05) is 17.0 Å². The smallest absolute Gasteiger partial charge is 0.243 e. The van der Waals surface area contributed by atoms with E-state index in [2.05, 4.69) is 0 Å². The Labute approximate surface area is 138 Å². The van der Waals surface area contributed by atoms with E-state index in [0.29, 0.717) is 30.8 Å². The van der Waals surface area contributed by atoms with Crippen molar-refractivity contribution in [1.29, 1.82) is 0 Å². The average Bonchev–Trinajstić information content (AvgIpc) is 2.52. The van der Waals surface area contributed by atoms with Gasteiger partial charge >= 0.3 is 0 Å². The van der Waals surface area contributed by atoms with Crippen molar-refractivity contribution in [3.63, 3.8) is 0 Å². The van der Waals surface area contributed by atoms with Crippen LogP contribution in [0.3, 0.4) is 0 Å². The highest BCUT2D eigenvalue weighted by Crippen LogP contribution is 2.21. The van der Waals surface area contributed by atoms with Gasteiger partial charge in [-0.3, -0.25) is 4.79 Å². The first kappa shape index (κ1) is 16.5. The van der Waals surface area contributed by atoms with E-state index in [4.69, 9.17) is 0 Å². The van der Waals surface area contributed by atoms with Gasteiger partial charge in [0, 0.05) is 32.6 Å². The molecule has 0 N–H and O–H groups in total. The van der Waals surface area contributed by atoms with Crippen LogP contribution in [0.1, 0.15) is 37.7 Å². The largest absolute Gasteiger partial charge is 0.343 e. The number of benzene rings is 1. The molecule has 23 heavy (non-hydrogen) atoms. The molecule has 0 aliphatic carbocycles. The summed E-state index contributed by atoms with van der Waals surface area (Å²) in [6.07, 6.45) is 5.26. The first-order chi connectivity index (χ1) is 11.1. The average molecular weight is 336 g/mol. The van der Waals surface area contributed by atoms with Crippen LogP contribution in [-0.2, 0) is 21.2 Å². The number of piperidine rings is 1. The molecule has 2 heterocycles. The van der Waals surface area contributed by atoms with Crippen molar-refractivity contribution < 1.29 is 13.2 Å². The topological polar surface area (TPSA) is 57.7 Å². The van der Waals surface area contributed by atoms with Crippen molar-refractivity contribution in [3.05, 3.63) is 29.8 Å². The van der Waals surface area contributed by atoms with Crippen LogP contribution < -0.4 is 0 Å². The molecule has 0 atom stereocenters. The van der Waals surface area contributed by atoms with E-state index in [0.717, 1.165) is 44.3 Å². The van der Waals surface area contributed by atoms with Gasteiger partial charge in [0.25, 0.3) is 0 Å². The number of carbonyl (C=O) groups is 1. The van der Waals surface area contributed by atoms with Crippen LogP contribution in [0.4, 0.5) is 0 Å². The lowest BCUT2D eigenvalue weighted by Gasteiger charge is -2.30. The van der Waals surface area contributed by atoms with Crippen LogP contribution in [0.5, 0.6) is 0 Å². The van der Waals surface area contributed by atoms with Crippen molar-refractivity contribution in [2.45, 2.75) is 43.4 Å². The molecule has 2 saturated heterocycles. The molecule has 5 nitrogen and oxygen atoms in total. The highest BCUT2D eigenvalue weighted by molar-refractivity contribution is 7.89. The predicted octanol–water partition coefficient (Wildman–Crippen LogP) is 2.03. The van der Waals surface area contributed by atoms with Crippen LogP contribution >= 0.6 is 0 Å². The highest BCUT2D eigenvalue weighted by atomic mass is 32.2. The standard InChI is InChI=1S/C17H24N2O3S/c20-17(18-11-4-12-18)10-7-15-5-8-16(9-6-15)23(21,22)19-13-2-1-3-14-19/h5-6,8-9H,1-4,7,10-14H2. The number of hydrogen-bond donors (Lipinski definition) is 0. The molecule has 1 amide bonds. The Balaban J connectivity index is 1.60. The maximum atomic E-state index is 12.6. The van der Waals surface area contributed by atoms with Gasteiger partial charge in [-0.25, -0.2) is 8.42 Å². The van der Waals surface area contributed by atoms with Crippen molar-refractivity contribution in [2.75, 3.05) is 26.2 Å². The van der Waals surface area contributed by atoms with Crippen LogP contribution in [0.25, 0.3) is 0 Å². The summed E-state index contributed by atoms with van der Waals surface area (Å²) in [4.78, 5) is 14.1. The molecule has 2 aliphatic heterocycles. The molecule has 0 radical (unpaired) electrons. The Morgan fingerprint density at radius 3 is 2.13 bits per heavy atom. The fraction of sp³-hybridized carbons (Fsp3) is 0.588. The third kappa shape index (κ3) is 3.75. The third-order valence-electron chi connectivity index (χ3n) is 4.71. The minimum Gasteiger partial charge on any atom is -0.343 e. The zero-order valence-electron chi connectivity index (χ0n) is 13.4. The number of rotatable bonds is 5. The normalized spacial score (nSPS) is 19.4. The first-order valence-corrected chi connectivity index (χ1v) is 9.88. The van der Waals surface area contributed by atoms with Gasteiger partial charge in [0.2, 0.25) is 15.9 Å². The van der Waals surface area contributed by atoms with E-state index in [-0.39, 0.29) is 5.91 Å². The molecule has 2 aliphatic rings. The second-order valence-corrected chi connectivity index (χ2v) is 8.28. The van der Waals surface area contributed by atoms with E-state index < -0.39 is 10.0 Å². The molecular formula is C17H24N2O3S.